The van der Waals surface area contributed by atoms with Crippen LogP contribution in [0.3, 0.4) is 0 Å². The fraction of sp³-hybridized carbons (Fsp3) is 0.556. The maximum Gasteiger partial charge on any atom is 0.266 e. The van der Waals surface area contributed by atoms with Crippen LogP contribution in [-0.2, 0) is 16.0 Å². The second-order valence-corrected chi connectivity index (χ2v) is 5.95. The lowest BCUT2D eigenvalue weighted by Gasteiger charge is -2.39. The lowest BCUT2D eigenvalue weighted by molar-refractivity contribution is -0.137. The van der Waals surface area contributed by atoms with Crippen molar-refractivity contribution in [3.8, 4) is 11.5 Å². The summed E-state index contributed by atoms with van der Waals surface area (Å²) in [6.07, 6.45) is 1.97. The molecule has 1 aromatic rings. The van der Waals surface area contributed by atoms with Crippen LogP contribution in [0.1, 0.15) is 35.7 Å². The van der Waals surface area contributed by atoms with E-state index in [1.54, 1.807) is 24.7 Å². The standard InChI is InChI=1S/C18H26N2O6/c1-4-26-9-5-6-12-10-13(11-15(24-2)16(12)25-3)18(22)20-8-7-14(20)17(21)19-23/h10-11,14,23H,4-9H2,1-3H3,(H,19,21). The van der Waals surface area contributed by atoms with Crippen molar-refractivity contribution in [2.75, 3.05) is 34.0 Å². The molecule has 1 aromatic carbocycles. The third kappa shape index (κ3) is 4.25. The predicted octanol–water partition coefficient (Wildman–Crippen LogP) is 1.39. The Hall–Kier alpha value is -2.32. The monoisotopic (exact) mass is 366 g/mol. The number of nitrogens with zero attached hydrogens (tertiary/aromatic N) is 1. The summed E-state index contributed by atoms with van der Waals surface area (Å²) >= 11 is 0. The molecule has 2 rings (SSSR count). The number of carbonyl (C=O) groups excluding carboxylic acids is 2. The molecule has 1 fully saturated rings. The van der Waals surface area contributed by atoms with Gasteiger partial charge in [-0.15, -0.1) is 0 Å². The van der Waals surface area contributed by atoms with E-state index in [0.29, 0.717) is 49.7 Å². The van der Waals surface area contributed by atoms with Crippen molar-refractivity contribution in [1.82, 2.24) is 10.4 Å². The zero-order valence-electron chi connectivity index (χ0n) is 15.4. The van der Waals surface area contributed by atoms with E-state index < -0.39 is 11.9 Å². The molecular weight excluding hydrogens is 340 g/mol. The number of hydrogen-bond donors (Lipinski definition) is 2. The van der Waals surface area contributed by atoms with Gasteiger partial charge < -0.3 is 19.1 Å². The van der Waals surface area contributed by atoms with Gasteiger partial charge in [0, 0.05) is 25.3 Å². The van der Waals surface area contributed by atoms with Gasteiger partial charge in [0.1, 0.15) is 6.04 Å². The zero-order chi connectivity index (χ0) is 19.1. The van der Waals surface area contributed by atoms with Gasteiger partial charge >= 0.3 is 0 Å². The molecule has 0 spiro atoms. The van der Waals surface area contributed by atoms with Gasteiger partial charge in [-0.3, -0.25) is 14.8 Å². The van der Waals surface area contributed by atoms with Gasteiger partial charge in [0.25, 0.3) is 11.8 Å². The Morgan fingerprint density at radius 1 is 1.31 bits per heavy atom. The van der Waals surface area contributed by atoms with Crippen LogP contribution in [0, 0.1) is 0 Å². The van der Waals surface area contributed by atoms with Crippen molar-refractivity contribution in [3.63, 3.8) is 0 Å². The molecule has 8 nitrogen and oxygen atoms in total. The van der Waals surface area contributed by atoms with Crippen LogP contribution in [-0.4, -0.2) is 61.9 Å². The van der Waals surface area contributed by atoms with Crippen molar-refractivity contribution < 1.29 is 29.0 Å². The number of likely N-dealkylation sites (tertiary alicyclic amines) is 1. The summed E-state index contributed by atoms with van der Waals surface area (Å²) in [5.74, 6) is 0.195. The first-order valence-corrected chi connectivity index (χ1v) is 8.64. The third-order valence-corrected chi connectivity index (χ3v) is 4.44. The zero-order valence-corrected chi connectivity index (χ0v) is 15.4. The van der Waals surface area contributed by atoms with Crippen LogP contribution in [0.25, 0.3) is 0 Å². The van der Waals surface area contributed by atoms with E-state index in [4.69, 9.17) is 19.4 Å². The Kier molecular flexibility index (Phi) is 7.23. The molecule has 0 bridgehead atoms. The molecule has 1 aliphatic heterocycles. The van der Waals surface area contributed by atoms with Crippen molar-refractivity contribution in [1.29, 1.82) is 0 Å². The Morgan fingerprint density at radius 2 is 2.08 bits per heavy atom. The van der Waals surface area contributed by atoms with E-state index in [1.165, 1.54) is 12.0 Å². The summed E-state index contributed by atoms with van der Waals surface area (Å²) in [7, 11) is 3.07. The molecule has 1 heterocycles. The minimum absolute atomic E-state index is 0.281. The summed E-state index contributed by atoms with van der Waals surface area (Å²) in [6, 6.07) is 2.73. The van der Waals surface area contributed by atoms with Crippen LogP contribution in [0.15, 0.2) is 12.1 Å². The second-order valence-electron chi connectivity index (χ2n) is 5.95. The van der Waals surface area contributed by atoms with Gasteiger partial charge in [-0.2, -0.15) is 0 Å². The number of aryl methyl sites for hydroxylation is 1. The van der Waals surface area contributed by atoms with E-state index in [-0.39, 0.29) is 5.91 Å². The van der Waals surface area contributed by atoms with E-state index >= 15 is 0 Å². The van der Waals surface area contributed by atoms with E-state index in [9.17, 15) is 9.59 Å². The quantitative estimate of drug-likeness (QED) is 0.389. The van der Waals surface area contributed by atoms with Crippen LogP contribution < -0.4 is 15.0 Å². The minimum atomic E-state index is -0.651. The largest absolute Gasteiger partial charge is 0.493 e. The molecule has 0 saturated carbocycles. The van der Waals surface area contributed by atoms with Gasteiger partial charge in [0.15, 0.2) is 11.5 Å². The normalized spacial score (nSPS) is 16.0. The number of ether oxygens (including phenoxy) is 3. The van der Waals surface area contributed by atoms with Crippen molar-refractivity contribution >= 4 is 11.8 Å². The molecular formula is C18H26N2O6. The average Bonchev–Trinajstić information content (AvgIpc) is 2.63. The highest BCUT2D eigenvalue weighted by atomic mass is 16.5. The highest BCUT2D eigenvalue weighted by Gasteiger charge is 2.38. The number of rotatable bonds is 9. The molecule has 0 radical (unpaired) electrons. The molecule has 8 heteroatoms. The SMILES string of the molecule is CCOCCCc1cc(C(=O)N2CCC2C(=O)NO)cc(OC)c1OC. The third-order valence-electron chi connectivity index (χ3n) is 4.44. The highest BCUT2D eigenvalue weighted by Crippen LogP contribution is 2.34. The molecule has 1 aliphatic rings. The Balaban J connectivity index is 2.24. The lowest BCUT2D eigenvalue weighted by atomic mass is 9.98. The smallest absolute Gasteiger partial charge is 0.266 e. The predicted molar refractivity (Wildman–Crippen MR) is 93.7 cm³/mol. The number of benzene rings is 1. The van der Waals surface area contributed by atoms with Gasteiger partial charge in [-0.25, -0.2) is 5.48 Å². The summed E-state index contributed by atoms with van der Waals surface area (Å²) in [5, 5.41) is 8.79. The number of carbonyl (C=O) groups is 2. The summed E-state index contributed by atoms with van der Waals surface area (Å²) < 4.78 is 16.2. The second kappa shape index (κ2) is 9.40. The molecule has 2 amide bonds. The topological polar surface area (TPSA) is 97.3 Å². The maximum atomic E-state index is 12.8. The maximum absolute atomic E-state index is 12.8. The van der Waals surface area contributed by atoms with Gasteiger partial charge in [0.05, 0.1) is 14.2 Å². The van der Waals surface area contributed by atoms with Crippen molar-refractivity contribution in [3.05, 3.63) is 23.3 Å². The number of hydroxylamine groups is 1. The Morgan fingerprint density at radius 3 is 2.62 bits per heavy atom. The number of hydrogen-bond acceptors (Lipinski definition) is 6. The summed E-state index contributed by atoms with van der Waals surface area (Å²) in [5.41, 5.74) is 2.87. The van der Waals surface area contributed by atoms with Crippen molar-refractivity contribution in [2.45, 2.75) is 32.2 Å². The molecule has 0 aliphatic carbocycles. The Labute approximate surface area is 153 Å². The molecule has 1 atom stereocenters. The first-order chi connectivity index (χ1) is 12.6. The number of methoxy groups -OCH3 is 2. The van der Waals surface area contributed by atoms with E-state index in [2.05, 4.69) is 0 Å². The lowest BCUT2D eigenvalue weighted by Crippen LogP contribution is -2.57. The fourth-order valence-electron chi connectivity index (χ4n) is 3.00. The molecule has 2 N–H and O–H groups in total. The Bertz CT molecular complexity index is 649. The van der Waals surface area contributed by atoms with Crippen LogP contribution in [0.5, 0.6) is 11.5 Å². The number of amides is 2. The van der Waals surface area contributed by atoms with Gasteiger partial charge in [-0.05, 0) is 43.9 Å². The molecule has 1 saturated heterocycles. The number of nitrogens with one attached hydrogen (secondary N) is 1. The van der Waals surface area contributed by atoms with Crippen molar-refractivity contribution in [2.24, 2.45) is 0 Å². The molecule has 144 valence electrons. The van der Waals surface area contributed by atoms with Crippen LogP contribution >= 0.6 is 0 Å². The average molecular weight is 366 g/mol. The van der Waals surface area contributed by atoms with Crippen LogP contribution in [0.2, 0.25) is 0 Å². The molecule has 1 unspecified atom stereocenters. The van der Waals surface area contributed by atoms with E-state index in [1.807, 2.05) is 6.92 Å². The minimum Gasteiger partial charge on any atom is -0.493 e. The highest BCUT2D eigenvalue weighted by molar-refractivity contribution is 5.99. The van der Waals surface area contributed by atoms with E-state index in [0.717, 1.165) is 12.0 Å². The molecule has 0 aromatic heterocycles. The first kappa shape index (κ1) is 20.0. The first-order valence-electron chi connectivity index (χ1n) is 8.64. The van der Waals surface area contributed by atoms with Crippen LogP contribution in [0.4, 0.5) is 0 Å². The summed E-state index contributed by atoms with van der Waals surface area (Å²) in [6.45, 7) is 3.67. The summed E-state index contributed by atoms with van der Waals surface area (Å²) in [4.78, 5) is 25.8. The van der Waals surface area contributed by atoms with Gasteiger partial charge in [-0.1, -0.05) is 0 Å². The molecule has 26 heavy (non-hydrogen) atoms. The van der Waals surface area contributed by atoms with Gasteiger partial charge in [0.2, 0.25) is 0 Å². The fourth-order valence-corrected chi connectivity index (χ4v) is 3.00.